The number of carboxylic acid groups (broad SMARTS) is 1. The molecule has 1 amide bonds. The van der Waals surface area contributed by atoms with Crippen LogP contribution in [0, 0.1) is 36.5 Å². The van der Waals surface area contributed by atoms with Crippen LogP contribution >= 0.6 is 11.6 Å². The van der Waals surface area contributed by atoms with Crippen molar-refractivity contribution in [3.05, 3.63) is 70.9 Å². The average Bonchev–Trinajstić information content (AvgIpc) is 2.98. The number of nitrogens with zero attached hydrogens (tertiary/aromatic N) is 2. The Balaban J connectivity index is 1.36. The maximum atomic E-state index is 13.9. The number of hydrogen-bond donors (Lipinski definition) is 2. The molecule has 2 aromatic carbocycles. The molecule has 4 saturated carbocycles. The monoisotopic (exact) mass is 615 g/mol. The molecule has 2 N–H and O–H groups in total. The van der Waals surface area contributed by atoms with Gasteiger partial charge in [0.2, 0.25) is 0 Å². The van der Waals surface area contributed by atoms with Gasteiger partial charge in [-0.05, 0) is 112 Å². The minimum Gasteiger partial charge on any atom is -0.492 e. The number of amides is 1. The van der Waals surface area contributed by atoms with E-state index < -0.39 is 17.4 Å². The highest BCUT2D eigenvalue weighted by Gasteiger charge is 2.62. The standard InChI is InChI=1S/C36H42ClN3O4/c1-21(19-40(3)4)20-44-32-18-25(9-11-30(32)37)33-29(28-8-6-5-7-22(28)2)10-12-31(38-33)34(41)39-36(35(42)43)26-14-23-13-24(16-26)17-27(36)15-23/h5-12,18,21,23-24,26-27H,13-17,19-20H2,1-4H3,(H,39,41)(H,42,43)/t21-,23?,24?,26?,27?,36?/m0/s1. The van der Waals surface area contributed by atoms with Crippen molar-refractivity contribution >= 4 is 23.5 Å². The van der Waals surface area contributed by atoms with E-state index in [1.807, 2.05) is 63.5 Å². The Kier molecular flexibility index (Phi) is 8.46. The van der Waals surface area contributed by atoms with Crippen LogP contribution in [0.1, 0.15) is 55.1 Å². The van der Waals surface area contributed by atoms with Crippen molar-refractivity contribution < 1.29 is 19.4 Å². The molecular formula is C36H42ClN3O4. The number of aryl methyl sites for hydroxylation is 1. The molecule has 1 heterocycles. The van der Waals surface area contributed by atoms with Gasteiger partial charge in [0.05, 0.1) is 17.3 Å². The Morgan fingerprint density at radius 1 is 1.02 bits per heavy atom. The Bertz CT molecular complexity index is 1540. The highest BCUT2D eigenvalue weighted by molar-refractivity contribution is 6.32. The van der Waals surface area contributed by atoms with Crippen molar-refractivity contribution in [3.63, 3.8) is 0 Å². The number of halogens is 1. The van der Waals surface area contributed by atoms with Gasteiger partial charge in [0.1, 0.15) is 17.0 Å². The molecule has 8 heteroatoms. The molecule has 0 spiro atoms. The van der Waals surface area contributed by atoms with Gasteiger partial charge >= 0.3 is 5.97 Å². The summed E-state index contributed by atoms with van der Waals surface area (Å²) in [6.45, 7) is 5.56. The Hall–Kier alpha value is -3.42. The van der Waals surface area contributed by atoms with Crippen molar-refractivity contribution in [3.8, 4) is 28.1 Å². The molecule has 4 aliphatic carbocycles. The second-order valence-corrected chi connectivity index (χ2v) is 14.1. The summed E-state index contributed by atoms with van der Waals surface area (Å²) in [5.74, 6) is 0.553. The highest BCUT2D eigenvalue weighted by Crippen LogP contribution is 2.58. The summed E-state index contributed by atoms with van der Waals surface area (Å²) in [4.78, 5) is 33.9. The zero-order valence-electron chi connectivity index (χ0n) is 26.0. The second-order valence-electron chi connectivity index (χ2n) is 13.7. The lowest BCUT2D eigenvalue weighted by Crippen LogP contribution is -2.70. The van der Waals surface area contributed by atoms with E-state index >= 15 is 0 Å². The maximum absolute atomic E-state index is 13.9. The Morgan fingerprint density at radius 2 is 1.70 bits per heavy atom. The summed E-state index contributed by atoms with van der Waals surface area (Å²) >= 11 is 6.57. The molecule has 4 bridgehead atoms. The number of benzene rings is 2. The number of ether oxygens (including phenoxy) is 1. The Labute approximate surface area is 265 Å². The third-order valence-electron chi connectivity index (χ3n) is 10.1. The number of pyridine rings is 1. The van der Waals surface area contributed by atoms with E-state index in [1.165, 1.54) is 6.42 Å². The normalized spacial score (nSPS) is 26.0. The van der Waals surface area contributed by atoms with Crippen LogP contribution in [0.4, 0.5) is 0 Å². The molecule has 0 saturated heterocycles. The molecule has 0 unspecified atom stereocenters. The van der Waals surface area contributed by atoms with E-state index in [0.29, 0.717) is 40.8 Å². The van der Waals surface area contributed by atoms with Crippen LogP contribution in [-0.4, -0.2) is 59.7 Å². The first-order valence-corrected chi connectivity index (χ1v) is 16.1. The maximum Gasteiger partial charge on any atom is 0.330 e. The van der Waals surface area contributed by atoms with E-state index in [2.05, 4.69) is 17.1 Å². The van der Waals surface area contributed by atoms with E-state index in [1.54, 1.807) is 12.1 Å². The number of rotatable bonds is 10. The van der Waals surface area contributed by atoms with Crippen LogP contribution in [0.3, 0.4) is 0 Å². The van der Waals surface area contributed by atoms with Gasteiger partial charge in [0, 0.05) is 23.6 Å². The quantitative estimate of drug-likeness (QED) is 0.256. The molecule has 232 valence electrons. The molecule has 1 atom stereocenters. The molecule has 4 fully saturated rings. The number of aliphatic carboxylic acids is 1. The zero-order valence-corrected chi connectivity index (χ0v) is 26.7. The SMILES string of the molecule is Cc1ccccc1-c1ccc(C(=O)NC2(C(=O)O)C3CC4CC(C3)CC2C4)nc1-c1ccc(Cl)c(OC[C@@H](C)CN(C)C)c1. The highest BCUT2D eigenvalue weighted by atomic mass is 35.5. The predicted molar refractivity (Wildman–Crippen MR) is 173 cm³/mol. The fourth-order valence-electron chi connectivity index (χ4n) is 8.35. The van der Waals surface area contributed by atoms with Gasteiger partial charge in [-0.3, -0.25) is 4.79 Å². The number of nitrogens with one attached hydrogen (secondary N) is 1. The molecule has 0 aliphatic heterocycles. The summed E-state index contributed by atoms with van der Waals surface area (Å²) in [7, 11) is 4.07. The lowest BCUT2D eigenvalue weighted by molar-refractivity contribution is -0.163. The van der Waals surface area contributed by atoms with Gasteiger partial charge in [-0.15, -0.1) is 0 Å². The first kappa shape index (κ1) is 30.6. The molecule has 0 radical (unpaired) electrons. The molecular weight excluding hydrogens is 574 g/mol. The van der Waals surface area contributed by atoms with Crippen LogP contribution < -0.4 is 10.1 Å². The lowest BCUT2D eigenvalue weighted by Gasteiger charge is -2.59. The van der Waals surface area contributed by atoms with Crippen molar-refractivity contribution in [2.75, 3.05) is 27.2 Å². The second kappa shape index (κ2) is 12.2. The number of carboxylic acids is 1. The fourth-order valence-corrected chi connectivity index (χ4v) is 8.53. The molecule has 7 rings (SSSR count). The topological polar surface area (TPSA) is 91.8 Å². The smallest absolute Gasteiger partial charge is 0.330 e. The van der Waals surface area contributed by atoms with Crippen LogP contribution in [0.25, 0.3) is 22.4 Å². The summed E-state index contributed by atoms with van der Waals surface area (Å²) < 4.78 is 6.17. The van der Waals surface area contributed by atoms with Gasteiger partial charge < -0.3 is 20.1 Å². The van der Waals surface area contributed by atoms with Gasteiger partial charge in [0.15, 0.2) is 0 Å². The van der Waals surface area contributed by atoms with Gasteiger partial charge in [-0.25, -0.2) is 9.78 Å². The lowest BCUT2D eigenvalue weighted by atomic mass is 9.48. The first-order chi connectivity index (χ1) is 21.0. The Morgan fingerprint density at radius 3 is 2.34 bits per heavy atom. The van der Waals surface area contributed by atoms with Crippen LogP contribution in [0.2, 0.25) is 5.02 Å². The molecule has 7 nitrogen and oxygen atoms in total. The van der Waals surface area contributed by atoms with Crippen LogP contribution in [0.5, 0.6) is 5.75 Å². The number of hydrogen-bond acceptors (Lipinski definition) is 5. The predicted octanol–water partition coefficient (Wildman–Crippen LogP) is 6.96. The first-order valence-electron chi connectivity index (χ1n) is 15.8. The van der Waals surface area contributed by atoms with E-state index in [4.69, 9.17) is 21.3 Å². The van der Waals surface area contributed by atoms with E-state index in [9.17, 15) is 14.7 Å². The zero-order chi connectivity index (χ0) is 31.2. The van der Waals surface area contributed by atoms with E-state index in [-0.39, 0.29) is 17.5 Å². The third kappa shape index (κ3) is 5.72. The minimum atomic E-state index is -1.24. The molecule has 44 heavy (non-hydrogen) atoms. The fraction of sp³-hybridized carbons (Fsp3) is 0.472. The molecule has 4 aliphatic rings. The van der Waals surface area contributed by atoms with Crippen molar-refractivity contribution in [2.24, 2.45) is 29.6 Å². The van der Waals surface area contributed by atoms with Gasteiger partial charge in [-0.1, -0.05) is 48.9 Å². The number of aromatic nitrogens is 1. The molecule has 3 aromatic rings. The number of carbonyl (C=O) groups excluding carboxylic acids is 1. The summed E-state index contributed by atoms with van der Waals surface area (Å²) in [6.07, 6.45) is 4.66. The van der Waals surface area contributed by atoms with Crippen LogP contribution in [-0.2, 0) is 4.79 Å². The molecule has 1 aromatic heterocycles. The van der Waals surface area contributed by atoms with Gasteiger partial charge in [0.25, 0.3) is 5.91 Å². The average molecular weight is 616 g/mol. The van der Waals surface area contributed by atoms with Crippen molar-refractivity contribution in [1.29, 1.82) is 0 Å². The summed E-state index contributed by atoms with van der Waals surface area (Å²) in [6, 6.07) is 17.3. The number of carbonyl (C=O) groups is 2. The van der Waals surface area contributed by atoms with Crippen molar-refractivity contribution in [1.82, 2.24) is 15.2 Å². The summed E-state index contributed by atoms with van der Waals surface area (Å²) in [5, 5.41) is 14.1. The van der Waals surface area contributed by atoms with Crippen molar-refractivity contribution in [2.45, 2.75) is 51.5 Å². The third-order valence-corrected chi connectivity index (χ3v) is 10.4. The largest absolute Gasteiger partial charge is 0.492 e. The minimum absolute atomic E-state index is 0.0447. The van der Waals surface area contributed by atoms with Crippen LogP contribution in [0.15, 0.2) is 54.6 Å². The van der Waals surface area contributed by atoms with Gasteiger partial charge in [-0.2, -0.15) is 0 Å². The summed E-state index contributed by atoms with van der Waals surface area (Å²) in [5.41, 5.74) is 3.28. The van der Waals surface area contributed by atoms with E-state index in [0.717, 1.165) is 54.5 Å².